The highest BCUT2D eigenvalue weighted by molar-refractivity contribution is 6.30. The van der Waals surface area contributed by atoms with Crippen molar-refractivity contribution in [3.63, 3.8) is 0 Å². The molecule has 2 rings (SSSR count). The summed E-state index contributed by atoms with van der Waals surface area (Å²) in [7, 11) is 0. The lowest BCUT2D eigenvalue weighted by atomic mass is 9.64. The van der Waals surface area contributed by atoms with Crippen LogP contribution < -0.4 is 5.32 Å². The molecular formula is C16H22ClNO3. The van der Waals surface area contributed by atoms with E-state index in [1.54, 1.807) is 0 Å². The molecule has 4 nitrogen and oxygen atoms in total. The number of ether oxygens (including phenoxy) is 1. The van der Waals surface area contributed by atoms with Gasteiger partial charge in [0.05, 0.1) is 18.6 Å². The van der Waals surface area contributed by atoms with E-state index in [9.17, 15) is 4.79 Å². The van der Waals surface area contributed by atoms with Crippen molar-refractivity contribution >= 4 is 17.5 Å². The Morgan fingerprint density at radius 1 is 1.29 bits per heavy atom. The van der Waals surface area contributed by atoms with Crippen molar-refractivity contribution < 1.29 is 14.6 Å². The number of carbonyl (C=O) groups is 1. The number of hydrogen-bond donors (Lipinski definition) is 2. The largest absolute Gasteiger partial charge is 0.394 e. The number of carbonyl (C=O) groups excluding carboxylic acids is 1. The van der Waals surface area contributed by atoms with Gasteiger partial charge >= 0.3 is 0 Å². The van der Waals surface area contributed by atoms with Gasteiger partial charge in [-0.25, -0.2) is 0 Å². The molecule has 5 heteroatoms. The van der Waals surface area contributed by atoms with Gasteiger partial charge in [-0.3, -0.25) is 4.79 Å². The normalized spacial score (nSPS) is 16.3. The standard InChI is InChI=1S/C16H22ClNO3/c17-14-5-3-13(4-6-14)16(7-1-8-16)15(20)18-9-2-11-21-12-10-19/h3-6,19H,1-2,7-12H2,(H,18,20). The second-order valence-electron chi connectivity index (χ2n) is 5.39. The third-order valence-corrected chi connectivity index (χ3v) is 4.28. The summed E-state index contributed by atoms with van der Waals surface area (Å²) in [6.45, 7) is 1.53. The lowest BCUT2D eigenvalue weighted by Crippen LogP contribution is -2.49. The molecule has 0 heterocycles. The SMILES string of the molecule is O=C(NCCCOCCO)C1(c2ccc(Cl)cc2)CCC1. The van der Waals surface area contributed by atoms with Crippen LogP contribution in [0.4, 0.5) is 0 Å². The quantitative estimate of drug-likeness (QED) is 0.724. The number of rotatable bonds is 8. The second kappa shape index (κ2) is 7.78. The van der Waals surface area contributed by atoms with E-state index in [1.165, 1.54) is 0 Å². The van der Waals surface area contributed by atoms with Gasteiger partial charge < -0.3 is 15.2 Å². The zero-order valence-electron chi connectivity index (χ0n) is 12.1. The summed E-state index contributed by atoms with van der Waals surface area (Å²) >= 11 is 5.91. The van der Waals surface area contributed by atoms with Crippen LogP contribution in [0.1, 0.15) is 31.2 Å². The highest BCUT2D eigenvalue weighted by Gasteiger charge is 2.45. The van der Waals surface area contributed by atoms with Crippen LogP contribution in [0.25, 0.3) is 0 Å². The molecular weight excluding hydrogens is 290 g/mol. The first kappa shape index (κ1) is 16.3. The van der Waals surface area contributed by atoms with Crippen LogP contribution in [-0.2, 0) is 14.9 Å². The minimum absolute atomic E-state index is 0.0338. The molecule has 1 aliphatic carbocycles. The van der Waals surface area contributed by atoms with Crippen LogP contribution in [0.15, 0.2) is 24.3 Å². The van der Waals surface area contributed by atoms with E-state index in [1.807, 2.05) is 24.3 Å². The summed E-state index contributed by atoms with van der Waals surface area (Å²) in [6.07, 6.45) is 3.61. The maximum atomic E-state index is 12.5. The lowest BCUT2D eigenvalue weighted by molar-refractivity contribution is -0.130. The van der Waals surface area contributed by atoms with Crippen molar-refractivity contribution in [1.29, 1.82) is 0 Å². The van der Waals surface area contributed by atoms with Crippen LogP contribution in [-0.4, -0.2) is 37.4 Å². The van der Waals surface area contributed by atoms with Crippen molar-refractivity contribution in [3.05, 3.63) is 34.9 Å². The van der Waals surface area contributed by atoms with Gasteiger partial charge in [0.15, 0.2) is 0 Å². The maximum absolute atomic E-state index is 12.5. The summed E-state index contributed by atoms with van der Waals surface area (Å²) in [5.74, 6) is 0.0956. The number of amides is 1. The second-order valence-corrected chi connectivity index (χ2v) is 5.82. The van der Waals surface area contributed by atoms with E-state index in [0.717, 1.165) is 31.2 Å². The monoisotopic (exact) mass is 311 g/mol. The average Bonchev–Trinajstić information content (AvgIpc) is 2.43. The zero-order valence-corrected chi connectivity index (χ0v) is 12.9. The molecule has 0 aliphatic heterocycles. The number of hydrogen-bond acceptors (Lipinski definition) is 3. The van der Waals surface area contributed by atoms with Gasteiger partial charge in [-0.1, -0.05) is 30.2 Å². The molecule has 116 valence electrons. The average molecular weight is 312 g/mol. The van der Waals surface area contributed by atoms with Crippen LogP contribution in [0, 0.1) is 0 Å². The van der Waals surface area contributed by atoms with Crippen molar-refractivity contribution in [1.82, 2.24) is 5.32 Å². The van der Waals surface area contributed by atoms with Crippen LogP contribution >= 0.6 is 11.6 Å². The fourth-order valence-electron chi connectivity index (χ4n) is 2.66. The summed E-state index contributed by atoms with van der Waals surface area (Å²) in [6, 6.07) is 7.58. The Morgan fingerprint density at radius 3 is 2.57 bits per heavy atom. The summed E-state index contributed by atoms with van der Waals surface area (Å²) in [4.78, 5) is 12.5. The minimum atomic E-state index is -0.378. The first-order chi connectivity index (χ1) is 10.2. The van der Waals surface area contributed by atoms with Gasteiger partial charge in [0.25, 0.3) is 0 Å². The molecule has 0 spiro atoms. The van der Waals surface area contributed by atoms with Gasteiger partial charge in [-0.2, -0.15) is 0 Å². The molecule has 0 atom stereocenters. The Labute approximate surface area is 130 Å². The Hall–Kier alpha value is -1.10. The van der Waals surface area contributed by atoms with E-state index in [0.29, 0.717) is 24.8 Å². The molecule has 1 amide bonds. The molecule has 0 saturated heterocycles. The zero-order chi connectivity index (χ0) is 15.1. The smallest absolute Gasteiger partial charge is 0.230 e. The number of nitrogens with one attached hydrogen (secondary N) is 1. The van der Waals surface area contributed by atoms with Gasteiger partial charge in [-0.05, 0) is 37.0 Å². The molecule has 2 N–H and O–H groups in total. The van der Waals surface area contributed by atoms with Gasteiger partial charge in [0, 0.05) is 18.2 Å². The Balaban J connectivity index is 1.85. The van der Waals surface area contributed by atoms with Gasteiger partial charge in [0.2, 0.25) is 5.91 Å². The summed E-state index contributed by atoms with van der Waals surface area (Å²) in [5, 5.41) is 12.3. The molecule has 0 aromatic heterocycles. The summed E-state index contributed by atoms with van der Waals surface area (Å²) < 4.78 is 5.17. The first-order valence-corrected chi connectivity index (χ1v) is 7.80. The van der Waals surface area contributed by atoms with Crippen LogP contribution in [0.2, 0.25) is 5.02 Å². The van der Waals surface area contributed by atoms with Crippen LogP contribution in [0.5, 0.6) is 0 Å². The minimum Gasteiger partial charge on any atom is -0.394 e. The molecule has 0 bridgehead atoms. The van der Waals surface area contributed by atoms with Crippen LogP contribution in [0.3, 0.4) is 0 Å². The first-order valence-electron chi connectivity index (χ1n) is 7.42. The fourth-order valence-corrected chi connectivity index (χ4v) is 2.78. The Bertz CT molecular complexity index is 457. The van der Waals surface area contributed by atoms with E-state index < -0.39 is 0 Å². The van der Waals surface area contributed by atoms with Gasteiger partial charge in [-0.15, -0.1) is 0 Å². The van der Waals surface area contributed by atoms with Crippen molar-refractivity contribution in [3.8, 4) is 0 Å². The topological polar surface area (TPSA) is 58.6 Å². The van der Waals surface area contributed by atoms with Gasteiger partial charge in [0.1, 0.15) is 0 Å². The maximum Gasteiger partial charge on any atom is 0.230 e. The van der Waals surface area contributed by atoms with Crippen molar-refractivity contribution in [2.24, 2.45) is 0 Å². The number of benzene rings is 1. The lowest BCUT2D eigenvalue weighted by Gasteiger charge is -2.40. The molecule has 1 aromatic carbocycles. The highest BCUT2D eigenvalue weighted by atomic mass is 35.5. The third kappa shape index (κ3) is 3.96. The molecule has 0 radical (unpaired) electrons. The Morgan fingerprint density at radius 2 is 2.00 bits per heavy atom. The molecule has 1 aromatic rings. The van der Waals surface area contributed by atoms with Crippen molar-refractivity contribution in [2.45, 2.75) is 31.1 Å². The van der Waals surface area contributed by atoms with E-state index in [4.69, 9.17) is 21.4 Å². The molecule has 1 saturated carbocycles. The highest BCUT2D eigenvalue weighted by Crippen LogP contribution is 2.44. The summed E-state index contributed by atoms with van der Waals surface area (Å²) in [5.41, 5.74) is 0.670. The number of aliphatic hydroxyl groups excluding tert-OH is 1. The molecule has 1 aliphatic rings. The van der Waals surface area contributed by atoms with E-state index in [2.05, 4.69) is 5.32 Å². The van der Waals surface area contributed by atoms with Crippen molar-refractivity contribution in [2.75, 3.05) is 26.4 Å². The molecule has 0 unspecified atom stereocenters. The molecule has 21 heavy (non-hydrogen) atoms. The Kier molecular flexibility index (Phi) is 6.03. The number of halogens is 1. The molecule has 1 fully saturated rings. The fraction of sp³-hybridized carbons (Fsp3) is 0.562. The number of aliphatic hydroxyl groups is 1. The van der Waals surface area contributed by atoms with E-state index in [-0.39, 0.29) is 17.9 Å². The third-order valence-electron chi connectivity index (χ3n) is 4.03. The predicted molar refractivity (Wildman–Crippen MR) is 82.5 cm³/mol. The predicted octanol–water partition coefficient (Wildman–Crippen LogP) is 2.28. The van der Waals surface area contributed by atoms with E-state index >= 15 is 0 Å².